The van der Waals surface area contributed by atoms with Gasteiger partial charge in [0.2, 0.25) is 5.91 Å². The summed E-state index contributed by atoms with van der Waals surface area (Å²) in [5.74, 6) is -1.13. The quantitative estimate of drug-likeness (QED) is 0.713. The lowest BCUT2D eigenvalue weighted by molar-refractivity contribution is -0.115. The molecule has 3 aromatic rings. The Hall–Kier alpha value is -2.31. The first-order chi connectivity index (χ1) is 11.5. The van der Waals surface area contributed by atoms with E-state index in [9.17, 15) is 13.6 Å². The summed E-state index contributed by atoms with van der Waals surface area (Å²) in [5, 5.41) is 5.12. The van der Waals surface area contributed by atoms with Crippen molar-refractivity contribution in [1.82, 2.24) is 4.98 Å². The first-order valence-corrected chi connectivity index (χ1v) is 8.22. The molecule has 0 saturated carbocycles. The van der Waals surface area contributed by atoms with Crippen LogP contribution in [0.4, 0.5) is 14.5 Å². The Morgan fingerprint density at radius 2 is 1.96 bits per heavy atom. The van der Waals surface area contributed by atoms with Gasteiger partial charge in [0.15, 0.2) is 0 Å². The fraction of sp³-hybridized carbons (Fsp3) is 0.0588. The molecule has 0 aliphatic heterocycles. The van der Waals surface area contributed by atoms with E-state index in [1.165, 1.54) is 35.6 Å². The summed E-state index contributed by atoms with van der Waals surface area (Å²) in [4.78, 5) is 16.4. The largest absolute Gasteiger partial charge is 0.324 e. The lowest BCUT2D eigenvalue weighted by atomic mass is 10.2. The third kappa shape index (κ3) is 3.96. The van der Waals surface area contributed by atoms with Crippen LogP contribution in [0.15, 0.2) is 47.8 Å². The van der Waals surface area contributed by atoms with Crippen LogP contribution in [0, 0.1) is 11.6 Å². The summed E-state index contributed by atoms with van der Waals surface area (Å²) in [5.41, 5.74) is 1.56. The van der Waals surface area contributed by atoms with Crippen LogP contribution in [0.1, 0.15) is 5.69 Å². The maximum atomic E-state index is 13.3. The van der Waals surface area contributed by atoms with Gasteiger partial charge in [0, 0.05) is 10.9 Å². The van der Waals surface area contributed by atoms with Crippen molar-refractivity contribution < 1.29 is 13.6 Å². The van der Waals surface area contributed by atoms with Crippen molar-refractivity contribution >= 4 is 34.5 Å². The predicted molar refractivity (Wildman–Crippen MR) is 91.3 cm³/mol. The number of nitrogens with zero attached hydrogens (tertiary/aromatic N) is 1. The van der Waals surface area contributed by atoms with Gasteiger partial charge in [-0.2, -0.15) is 0 Å². The molecule has 0 aliphatic carbocycles. The minimum Gasteiger partial charge on any atom is -0.324 e. The van der Waals surface area contributed by atoms with E-state index in [4.69, 9.17) is 11.6 Å². The van der Waals surface area contributed by atoms with Crippen LogP contribution in [-0.4, -0.2) is 10.9 Å². The molecule has 0 radical (unpaired) electrons. The molecule has 0 unspecified atom stereocenters. The van der Waals surface area contributed by atoms with Crippen LogP contribution in [0.25, 0.3) is 10.6 Å². The highest BCUT2D eigenvalue weighted by molar-refractivity contribution is 7.13. The number of hydrogen-bond acceptors (Lipinski definition) is 3. The molecular formula is C17H11ClF2N2OS. The number of carbonyl (C=O) groups is 1. The minimum atomic E-state index is -0.475. The molecule has 1 heterocycles. The van der Waals surface area contributed by atoms with E-state index >= 15 is 0 Å². The van der Waals surface area contributed by atoms with Crippen molar-refractivity contribution in [2.24, 2.45) is 0 Å². The summed E-state index contributed by atoms with van der Waals surface area (Å²) in [6, 6.07) is 9.85. The van der Waals surface area contributed by atoms with E-state index in [1.807, 2.05) is 0 Å². The third-order valence-electron chi connectivity index (χ3n) is 3.17. The molecule has 1 amide bonds. The molecule has 1 aromatic heterocycles. The van der Waals surface area contributed by atoms with Crippen molar-refractivity contribution in [3.05, 3.63) is 70.2 Å². The molecule has 3 rings (SSSR count). The van der Waals surface area contributed by atoms with Gasteiger partial charge in [0.25, 0.3) is 0 Å². The van der Waals surface area contributed by atoms with E-state index < -0.39 is 5.82 Å². The topological polar surface area (TPSA) is 42.0 Å². The van der Waals surface area contributed by atoms with Crippen LogP contribution in [-0.2, 0) is 11.2 Å². The highest BCUT2D eigenvalue weighted by Gasteiger charge is 2.11. The Morgan fingerprint density at radius 3 is 2.71 bits per heavy atom. The van der Waals surface area contributed by atoms with Gasteiger partial charge in [0.05, 0.1) is 22.8 Å². The average molecular weight is 365 g/mol. The molecule has 0 spiro atoms. The number of benzene rings is 2. The fourth-order valence-corrected chi connectivity index (χ4v) is 3.12. The highest BCUT2D eigenvalue weighted by atomic mass is 35.5. The molecule has 3 nitrogen and oxygen atoms in total. The highest BCUT2D eigenvalue weighted by Crippen LogP contribution is 2.25. The van der Waals surface area contributed by atoms with Gasteiger partial charge in [-0.15, -0.1) is 11.3 Å². The predicted octanol–water partition coefficient (Wildman–Crippen LogP) is 4.92. The summed E-state index contributed by atoms with van der Waals surface area (Å²) in [7, 11) is 0. The van der Waals surface area contributed by atoms with Gasteiger partial charge in [-0.05, 0) is 30.3 Å². The molecule has 24 heavy (non-hydrogen) atoms. The van der Waals surface area contributed by atoms with E-state index in [2.05, 4.69) is 10.3 Å². The van der Waals surface area contributed by atoms with E-state index in [0.29, 0.717) is 22.0 Å². The Labute approximate surface area is 145 Å². The Bertz CT molecular complexity index is 898. The number of nitrogens with one attached hydrogen (secondary N) is 1. The zero-order valence-electron chi connectivity index (χ0n) is 12.2. The van der Waals surface area contributed by atoms with Crippen LogP contribution < -0.4 is 5.32 Å². The number of rotatable bonds is 4. The molecule has 0 saturated heterocycles. The number of hydrogen-bond donors (Lipinski definition) is 1. The van der Waals surface area contributed by atoms with Crippen molar-refractivity contribution in [3.8, 4) is 10.6 Å². The first-order valence-electron chi connectivity index (χ1n) is 6.96. The number of amides is 1. The van der Waals surface area contributed by atoms with Gasteiger partial charge in [-0.3, -0.25) is 4.79 Å². The molecule has 0 atom stereocenters. The maximum Gasteiger partial charge on any atom is 0.230 e. The van der Waals surface area contributed by atoms with Gasteiger partial charge < -0.3 is 5.32 Å². The SMILES string of the molecule is O=C(Cc1csc(-c2cccc(F)c2)n1)Nc1ccc(F)cc1Cl. The van der Waals surface area contributed by atoms with Crippen LogP contribution in [0.5, 0.6) is 0 Å². The van der Waals surface area contributed by atoms with E-state index in [1.54, 1.807) is 17.5 Å². The van der Waals surface area contributed by atoms with Crippen molar-refractivity contribution in [1.29, 1.82) is 0 Å². The van der Waals surface area contributed by atoms with Crippen molar-refractivity contribution in [2.75, 3.05) is 5.32 Å². The smallest absolute Gasteiger partial charge is 0.230 e. The molecule has 7 heteroatoms. The fourth-order valence-electron chi connectivity index (χ4n) is 2.09. The summed E-state index contributed by atoms with van der Waals surface area (Å²) in [6.07, 6.45) is 0.0412. The first kappa shape index (κ1) is 16.5. The summed E-state index contributed by atoms with van der Waals surface area (Å²) < 4.78 is 26.2. The standard InChI is InChI=1S/C17H11ClF2N2OS/c18-14-7-12(20)4-5-15(14)22-16(23)8-13-9-24-17(21-13)10-2-1-3-11(19)6-10/h1-7,9H,8H2,(H,22,23). The Morgan fingerprint density at radius 1 is 1.17 bits per heavy atom. The number of aromatic nitrogens is 1. The average Bonchev–Trinajstić information content (AvgIpc) is 2.98. The molecule has 122 valence electrons. The molecular weight excluding hydrogens is 354 g/mol. The lowest BCUT2D eigenvalue weighted by Crippen LogP contribution is -2.14. The maximum absolute atomic E-state index is 13.3. The third-order valence-corrected chi connectivity index (χ3v) is 4.42. The second kappa shape index (κ2) is 7.07. The molecule has 0 aliphatic rings. The summed E-state index contributed by atoms with van der Waals surface area (Å²) in [6.45, 7) is 0. The van der Waals surface area contributed by atoms with Crippen LogP contribution in [0.2, 0.25) is 5.02 Å². The minimum absolute atomic E-state index is 0.0412. The Kier molecular flexibility index (Phi) is 4.87. The zero-order valence-corrected chi connectivity index (χ0v) is 13.8. The van der Waals surface area contributed by atoms with Crippen LogP contribution >= 0.6 is 22.9 Å². The lowest BCUT2D eigenvalue weighted by Gasteiger charge is -2.06. The monoisotopic (exact) mass is 364 g/mol. The Balaban J connectivity index is 1.69. The second-order valence-electron chi connectivity index (χ2n) is 5.00. The molecule has 0 bridgehead atoms. The second-order valence-corrected chi connectivity index (χ2v) is 6.27. The molecule has 1 N–H and O–H groups in total. The van der Waals surface area contributed by atoms with E-state index in [-0.39, 0.29) is 23.2 Å². The number of anilines is 1. The van der Waals surface area contributed by atoms with Crippen LogP contribution in [0.3, 0.4) is 0 Å². The van der Waals surface area contributed by atoms with Gasteiger partial charge >= 0.3 is 0 Å². The summed E-state index contributed by atoms with van der Waals surface area (Å²) >= 11 is 7.20. The van der Waals surface area contributed by atoms with Crippen molar-refractivity contribution in [3.63, 3.8) is 0 Å². The number of carbonyl (C=O) groups excluding carboxylic acids is 1. The van der Waals surface area contributed by atoms with Gasteiger partial charge in [-0.1, -0.05) is 23.7 Å². The molecule has 2 aromatic carbocycles. The number of thiazole rings is 1. The van der Waals surface area contributed by atoms with Gasteiger partial charge in [0.1, 0.15) is 16.6 Å². The van der Waals surface area contributed by atoms with Crippen molar-refractivity contribution in [2.45, 2.75) is 6.42 Å². The number of halogens is 3. The van der Waals surface area contributed by atoms with E-state index in [0.717, 1.165) is 6.07 Å². The zero-order chi connectivity index (χ0) is 17.1. The molecule has 0 fully saturated rings. The van der Waals surface area contributed by atoms with Gasteiger partial charge in [-0.25, -0.2) is 13.8 Å². The normalized spacial score (nSPS) is 10.6.